The zero-order valence-electron chi connectivity index (χ0n) is 15.0. The second-order valence-electron chi connectivity index (χ2n) is 6.81. The van der Waals surface area contributed by atoms with E-state index in [1.165, 1.54) is 49.2 Å². The van der Waals surface area contributed by atoms with Gasteiger partial charge in [0.25, 0.3) is 0 Å². The van der Waals surface area contributed by atoms with Crippen molar-refractivity contribution in [1.82, 2.24) is 0 Å². The first-order valence-electron chi connectivity index (χ1n) is 9.43. The maximum absolute atomic E-state index is 4.62. The molecule has 26 heavy (non-hydrogen) atoms. The van der Waals surface area contributed by atoms with E-state index < -0.39 is 0 Å². The summed E-state index contributed by atoms with van der Waals surface area (Å²) in [7, 11) is 0. The summed E-state index contributed by atoms with van der Waals surface area (Å²) in [5.41, 5.74) is 5.90. The van der Waals surface area contributed by atoms with Gasteiger partial charge in [-0.05, 0) is 60.2 Å². The molecule has 130 valence electrons. The zero-order chi connectivity index (χ0) is 17.6. The maximum atomic E-state index is 4.62. The van der Waals surface area contributed by atoms with Crippen LogP contribution in [0.15, 0.2) is 83.9 Å². The van der Waals surface area contributed by atoms with E-state index in [0.717, 1.165) is 11.3 Å². The molecule has 2 nitrogen and oxygen atoms in total. The monoisotopic (exact) mass is 340 g/mol. The summed E-state index contributed by atoms with van der Waals surface area (Å²) >= 11 is 0. The summed E-state index contributed by atoms with van der Waals surface area (Å²) in [4.78, 5) is 7.09. The van der Waals surface area contributed by atoms with Crippen molar-refractivity contribution in [2.24, 2.45) is 4.99 Å². The third-order valence-electron chi connectivity index (χ3n) is 4.95. The molecule has 0 aromatic heterocycles. The Morgan fingerprint density at radius 2 is 1.31 bits per heavy atom. The number of hydrogen-bond acceptors (Lipinski definition) is 2. The lowest BCUT2D eigenvalue weighted by atomic mass is 10.0. The fourth-order valence-electron chi connectivity index (χ4n) is 3.44. The number of hydrogen-bond donors (Lipinski definition) is 0. The van der Waals surface area contributed by atoms with E-state index in [1.54, 1.807) is 0 Å². The third-order valence-corrected chi connectivity index (χ3v) is 4.95. The Hall–Kier alpha value is -2.87. The van der Waals surface area contributed by atoms with E-state index in [2.05, 4.69) is 82.7 Å². The highest BCUT2D eigenvalue weighted by Crippen LogP contribution is 2.23. The smallest absolute Gasteiger partial charge is 0.0631 e. The second-order valence-corrected chi connectivity index (χ2v) is 6.81. The van der Waals surface area contributed by atoms with Gasteiger partial charge in [-0.25, -0.2) is 0 Å². The topological polar surface area (TPSA) is 15.6 Å². The molecule has 0 N–H and O–H groups in total. The van der Waals surface area contributed by atoms with Gasteiger partial charge in [0.05, 0.1) is 5.69 Å². The lowest BCUT2D eigenvalue weighted by Gasteiger charge is -2.28. The fourth-order valence-corrected chi connectivity index (χ4v) is 3.44. The third kappa shape index (κ3) is 4.02. The van der Waals surface area contributed by atoms with Gasteiger partial charge >= 0.3 is 0 Å². The van der Waals surface area contributed by atoms with E-state index in [0.29, 0.717) is 0 Å². The number of benzene rings is 3. The Balaban J connectivity index is 1.42. The number of anilines is 1. The van der Waals surface area contributed by atoms with Gasteiger partial charge in [-0.2, -0.15) is 0 Å². The molecule has 4 rings (SSSR count). The van der Waals surface area contributed by atoms with Gasteiger partial charge in [-0.1, -0.05) is 54.6 Å². The normalized spacial score (nSPS) is 14.7. The molecule has 2 heteroatoms. The fraction of sp³-hybridized carbons (Fsp3) is 0.208. The molecular weight excluding hydrogens is 316 g/mol. The van der Waals surface area contributed by atoms with Crippen LogP contribution in [0.5, 0.6) is 0 Å². The van der Waals surface area contributed by atoms with Crippen LogP contribution in [0.25, 0.3) is 11.1 Å². The Kier molecular flexibility index (Phi) is 5.11. The molecule has 1 aliphatic heterocycles. The summed E-state index contributed by atoms with van der Waals surface area (Å²) in [5.74, 6) is 0. The van der Waals surface area contributed by atoms with E-state index >= 15 is 0 Å². The summed E-state index contributed by atoms with van der Waals surface area (Å²) in [6.45, 7) is 2.35. The largest absolute Gasteiger partial charge is 0.372 e. The van der Waals surface area contributed by atoms with Crippen molar-refractivity contribution < 1.29 is 0 Å². The average molecular weight is 340 g/mol. The van der Waals surface area contributed by atoms with Crippen LogP contribution in [0.1, 0.15) is 24.8 Å². The number of nitrogens with zero attached hydrogens (tertiary/aromatic N) is 2. The predicted octanol–water partition coefficient (Wildman–Crippen LogP) is 6.09. The van der Waals surface area contributed by atoms with Crippen molar-refractivity contribution in [2.45, 2.75) is 19.3 Å². The van der Waals surface area contributed by atoms with Gasteiger partial charge < -0.3 is 4.90 Å². The first kappa shape index (κ1) is 16.6. The molecule has 1 heterocycles. The molecule has 0 atom stereocenters. The summed E-state index contributed by atoms with van der Waals surface area (Å²) < 4.78 is 0. The van der Waals surface area contributed by atoms with Crippen LogP contribution >= 0.6 is 0 Å². The van der Waals surface area contributed by atoms with Crippen molar-refractivity contribution in [3.63, 3.8) is 0 Å². The van der Waals surface area contributed by atoms with Gasteiger partial charge in [0.15, 0.2) is 0 Å². The first-order valence-corrected chi connectivity index (χ1v) is 9.43. The van der Waals surface area contributed by atoms with Gasteiger partial charge in [0.1, 0.15) is 0 Å². The molecule has 3 aromatic carbocycles. The van der Waals surface area contributed by atoms with E-state index in [1.807, 2.05) is 12.3 Å². The minimum absolute atomic E-state index is 0.998. The standard InChI is InChI=1S/C24H24N2/c1-3-7-21(8-4-1)22-11-9-20(10-12-22)19-25-23-13-15-24(16-14-23)26-17-5-2-6-18-26/h1,3-4,7-16,19H,2,5-6,17-18H2. The maximum Gasteiger partial charge on any atom is 0.0631 e. The first-order chi connectivity index (χ1) is 12.9. The van der Waals surface area contributed by atoms with Crippen LogP contribution < -0.4 is 4.90 Å². The molecule has 1 aliphatic rings. The lowest BCUT2D eigenvalue weighted by Crippen LogP contribution is -2.29. The summed E-state index contributed by atoms with van der Waals surface area (Å²) in [6.07, 6.45) is 5.91. The molecule has 0 saturated carbocycles. The van der Waals surface area contributed by atoms with Crippen molar-refractivity contribution in [2.75, 3.05) is 18.0 Å². The Bertz CT molecular complexity index is 843. The molecule has 0 bridgehead atoms. The zero-order valence-corrected chi connectivity index (χ0v) is 15.0. The SMILES string of the molecule is C(=Nc1ccc(N2CCCCC2)cc1)c1ccc(-c2ccccc2)cc1. The number of piperidine rings is 1. The molecule has 0 radical (unpaired) electrons. The highest BCUT2D eigenvalue weighted by atomic mass is 15.1. The Labute approximate surface area is 155 Å². The molecular formula is C24H24N2. The molecule has 0 amide bonds. The Morgan fingerprint density at radius 3 is 2.00 bits per heavy atom. The van der Waals surface area contributed by atoms with E-state index in [-0.39, 0.29) is 0 Å². The van der Waals surface area contributed by atoms with Crippen LogP contribution in [0, 0.1) is 0 Å². The van der Waals surface area contributed by atoms with E-state index in [4.69, 9.17) is 0 Å². The quantitative estimate of drug-likeness (QED) is 0.524. The van der Waals surface area contributed by atoms with Crippen LogP contribution in [0.3, 0.4) is 0 Å². The van der Waals surface area contributed by atoms with Crippen LogP contribution in [-0.2, 0) is 0 Å². The second kappa shape index (κ2) is 8.01. The van der Waals surface area contributed by atoms with Gasteiger partial charge in [0.2, 0.25) is 0 Å². The molecule has 0 spiro atoms. The number of aliphatic imine (C=N–C) groups is 1. The van der Waals surface area contributed by atoms with Gasteiger partial charge in [0, 0.05) is 25.0 Å². The molecule has 0 aliphatic carbocycles. The molecule has 1 fully saturated rings. The van der Waals surface area contributed by atoms with Crippen LogP contribution in [-0.4, -0.2) is 19.3 Å². The van der Waals surface area contributed by atoms with Crippen LogP contribution in [0.2, 0.25) is 0 Å². The van der Waals surface area contributed by atoms with E-state index in [9.17, 15) is 0 Å². The predicted molar refractivity (Wildman–Crippen MR) is 112 cm³/mol. The van der Waals surface area contributed by atoms with Crippen molar-refractivity contribution >= 4 is 17.6 Å². The average Bonchev–Trinajstić information content (AvgIpc) is 2.74. The number of rotatable bonds is 4. The Morgan fingerprint density at radius 1 is 0.654 bits per heavy atom. The van der Waals surface area contributed by atoms with Gasteiger partial charge in [-0.15, -0.1) is 0 Å². The van der Waals surface area contributed by atoms with Crippen molar-refractivity contribution in [1.29, 1.82) is 0 Å². The highest BCUT2D eigenvalue weighted by Gasteiger charge is 2.10. The highest BCUT2D eigenvalue weighted by molar-refractivity contribution is 5.83. The summed E-state index contributed by atoms with van der Waals surface area (Å²) in [6, 6.07) is 27.6. The van der Waals surface area contributed by atoms with Crippen molar-refractivity contribution in [3.05, 3.63) is 84.4 Å². The molecule has 1 saturated heterocycles. The summed E-state index contributed by atoms with van der Waals surface area (Å²) in [5, 5.41) is 0. The van der Waals surface area contributed by atoms with Crippen LogP contribution in [0.4, 0.5) is 11.4 Å². The minimum Gasteiger partial charge on any atom is -0.372 e. The lowest BCUT2D eigenvalue weighted by molar-refractivity contribution is 0.578. The minimum atomic E-state index is 0.998. The van der Waals surface area contributed by atoms with Gasteiger partial charge in [-0.3, -0.25) is 4.99 Å². The van der Waals surface area contributed by atoms with Crippen molar-refractivity contribution in [3.8, 4) is 11.1 Å². The molecule has 0 unspecified atom stereocenters. The molecule has 3 aromatic rings.